The van der Waals surface area contributed by atoms with Gasteiger partial charge in [0, 0.05) is 0 Å². The molecule has 0 heterocycles. The zero-order valence-corrected chi connectivity index (χ0v) is 10.6. The van der Waals surface area contributed by atoms with E-state index in [9.17, 15) is 9.59 Å². The molecule has 4 heteroatoms. The molecule has 2 fully saturated rings. The van der Waals surface area contributed by atoms with E-state index in [4.69, 9.17) is 11.5 Å². The second kappa shape index (κ2) is 4.50. The first-order chi connectivity index (χ1) is 7.91. The van der Waals surface area contributed by atoms with Crippen LogP contribution < -0.4 is 11.5 Å². The quantitative estimate of drug-likeness (QED) is 0.746. The summed E-state index contributed by atoms with van der Waals surface area (Å²) in [6.45, 7) is 3.13. The minimum Gasteiger partial charge on any atom is -0.321 e. The third-order valence-corrected chi connectivity index (χ3v) is 4.83. The molecule has 6 unspecified atom stereocenters. The molecule has 96 valence electrons. The Bertz CT molecular complexity index is 310. The van der Waals surface area contributed by atoms with Crippen LogP contribution >= 0.6 is 0 Å². The highest BCUT2D eigenvalue weighted by Crippen LogP contribution is 2.53. The topological polar surface area (TPSA) is 86.2 Å². The van der Waals surface area contributed by atoms with Crippen molar-refractivity contribution < 1.29 is 9.59 Å². The average Bonchev–Trinajstić information content (AvgIpc) is 2.85. The Hall–Kier alpha value is -0.740. The Morgan fingerprint density at radius 1 is 0.882 bits per heavy atom. The molecule has 2 saturated carbocycles. The molecule has 2 aliphatic carbocycles. The summed E-state index contributed by atoms with van der Waals surface area (Å²) in [7, 11) is 0. The van der Waals surface area contributed by atoms with Crippen LogP contribution in [0.2, 0.25) is 0 Å². The number of rotatable bonds is 4. The van der Waals surface area contributed by atoms with Crippen molar-refractivity contribution in [1.82, 2.24) is 0 Å². The smallest absolute Gasteiger partial charge is 0.146 e. The van der Waals surface area contributed by atoms with Crippen molar-refractivity contribution in [2.45, 2.75) is 45.2 Å². The van der Waals surface area contributed by atoms with E-state index in [2.05, 4.69) is 0 Å². The van der Waals surface area contributed by atoms with Crippen LogP contribution in [0.25, 0.3) is 0 Å². The SMILES string of the molecule is CC(=O)C(N)C1CC2CC1CC2C(N)C(C)=O. The fourth-order valence-corrected chi connectivity index (χ4v) is 3.85. The number of nitrogens with two attached hydrogens (primary N) is 2. The van der Waals surface area contributed by atoms with Gasteiger partial charge in [-0.25, -0.2) is 0 Å². The Morgan fingerprint density at radius 2 is 1.24 bits per heavy atom. The number of Topliss-reactive ketones (excluding diaryl/α,β-unsaturated/α-hetero) is 2. The first kappa shape index (κ1) is 12.7. The molecule has 6 atom stereocenters. The van der Waals surface area contributed by atoms with E-state index in [1.807, 2.05) is 0 Å². The lowest BCUT2D eigenvalue weighted by atomic mass is 9.75. The Balaban J connectivity index is 2.01. The summed E-state index contributed by atoms with van der Waals surface area (Å²) in [6, 6.07) is -0.640. The molecule has 2 rings (SSSR count). The van der Waals surface area contributed by atoms with Crippen molar-refractivity contribution >= 4 is 11.6 Å². The van der Waals surface area contributed by atoms with Crippen LogP contribution in [0.15, 0.2) is 0 Å². The van der Waals surface area contributed by atoms with Gasteiger partial charge in [0.2, 0.25) is 0 Å². The van der Waals surface area contributed by atoms with Crippen molar-refractivity contribution in [2.75, 3.05) is 0 Å². The zero-order chi connectivity index (χ0) is 12.7. The van der Waals surface area contributed by atoms with Crippen molar-refractivity contribution in [3.63, 3.8) is 0 Å². The number of hydrogen-bond donors (Lipinski definition) is 2. The van der Waals surface area contributed by atoms with Crippen LogP contribution in [0.5, 0.6) is 0 Å². The summed E-state index contributed by atoms with van der Waals surface area (Å²) >= 11 is 0. The molecule has 0 aromatic carbocycles. The standard InChI is InChI=1S/C13H22N2O2/c1-6(16)12(14)10-4-9-3-8(10)5-11(9)13(15)7(2)17/h8-13H,3-5,14-15H2,1-2H3. The molecular formula is C13H22N2O2. The van der Waals surface area contributed by atoms with Crippen LogP contribution in [0, 0.1) is 23.7 Å². The summed E-state index contributed by atoms with van der Waals surface area (Å²) in [5.74, 6) is 1.77. The molecule has 0 aromatic heterocycles. The van der Waals surface area contributed by atoms with Crippen LogP contribution in [0.4, 0.5) is 0 Å². The lowest BCUT2D eigenvalue weighted by Crippen LogP contribution is -2.44. The molecule has 4 nitrogen and oxygen atoms in total. The van der Waals surface area contributed by atoms with E-state index < -0.39 is 0 Å². The van der Waals surface area contributed by atoms with Gasteiger partial charge in [-0.2, -0.15) is 0 Å². The van der Waals surface area contributed by atoms with Gasteiger partial charge >= 0.3 is 0 Å². The van der Waals surface area contributed by atoms with E-state index in [0.29, 0.717) is 23.7 Å². The third kappa shape index (κ3) is 2.16. The van der Waals surface area contributed by atoms with Crippen LogP contribution in [-0.4, -0.2) is 23.7 Å². The number of ketones is 2. The van der Waals surface area contributed by atoms with Gasteiger partial charge in [0.05, 0.1) is 12.1 Å². The molecule has 17 heavy (non-hydrogen) atoms. The highest BCUT2D eigenvalue weighted by Gasteiger charge is 2.50. The van der Waals surface area contributed by atoms with Gasteiger partial charge in [0.15, 0.2) is 0 Å². The first-order valence-corrected chi connectivity index (χ1v) is 6.44. The Morgan fingerprint density at radius 3 is 1.47 bits per heavy atom. The number of carbonyl (C=O) groups is 2. The maximum absolute atomic E-state index is 11.3. The third-order valence-electron chi connectivity index (χ3n) is 4.83. The fourth-order valence-electron chi connectivity index (χ4n) is 3.85. The molecule has 0 aliphatic heterocycles. The summed E-state index contributed by atoms with van der Waals surface area (Å²) in [6.07, 6.45) is 3.03. The van der Waals surface area contributed by atoms with E-state index in [1.54, 1.807) is 13.8 Å². The van der Waals surface area contributed by atoms with Crippen molar-refractivity contribution in [2.24, 2.45) is 35.1 Å². The van der Waals surface area contributed by atoms with Gasteiger partial charge in [-0.05, 0) is 56.8 Å². The highest BCUT2D eigenvalue weighted by molar-refractivity contribution is 5.82. The fraction of sp³-hybridized carbons (Fsp3) is 0.846. The molecule has 0 saturated heterocycles. The van der Waals surface area contributed by atoms with Crippen LogP contribution in [0.3, 0.4) is 0 Å². The molecule has 0 amide bonds. The monoisotopic (exact) mass is 238 g/mol. The van der Waals surface area contributed by atoms with Gasteiger partial charge in [0.1, 0.15) is 11.6 Å². The normalized spacial score (nSPS) is 39.1. The van der Waals surface area contributed by atoms with E-state index in [-0.39, 0.29) is 23.7 Å². The predicted octanol–water partition coefficient (Wildman–Crippen LogP) is 0.481. The van der Waals surface area contributed by atoms with Gasteiger partial charge in [-0.3, -0.25) is 9.59 Å². The molecule has 4 N–H and O–H groups in total. The largest absolute Gasteiger partial charge is 0.321 e. The maximum Gasteiger partial charge on any atom is 0.146 e. The Labute approximate surface area is 102 Å². The summed E-state index contributed by atoms with van der Waals surface area (Å²) in [4.78, 5) is 22.7. The van der Waals surface area contributed by atoms with Crippen molar-refractivity contribution in [3.05, 3.63) is 0 Å². The van der Waals surface area contributed by atoms with Crippen LogP contribution in [-0.2, 0) is 9.59 Å². The van der Waals surface area contributed by atoms with Gasteiger partial charge < -0.3 is 11.5 Å². The average molecular weight is 238 g/mol. The summed E-state index contributed by atoms with van der Waals surface area (Å²) in [5.41, 5.74) is 11.9. The lowest BCUT2D eigenvalue weighted by molar-refractivity contribution is -0.121. The first-order valence-electron chi connectivity index (χ1n) is 6.44. The molecule has 0 aromatic rings. The molecule has 0 spiro atoms. The predicted molar refractivity (Wildman–Crippen MR) is 65.1 cm³/mol. The van der Waals surface area contributed by atoms with Crippen LogP contribution in [0.1, 0.15) is 33.1 Å². The highest BCUT2D eigenvalue weighted by atomic mass is 16.1. The minimum atomic E-state index is -0.320. The molecular weight excluding hydrogens is 216 g/mol. The van der Waals surface area contributed by atoms with E-state index >= 15 is 0 Å². The second-order valence-corrected chi connectivity index (χ2v) is 5.83. The molecule has 0 radical (unpaired) electrons. The number of carbonyl (C=O) groups excluding carboxylic acids is 2. The zero-order valence-electron chi connectivity index (χ0n) is 10.6. The van der Waals surface area contributed by atoms with E-state index in [1.165, 1.54) is 0 Å². The Kier molecular flexibility index (Phi) is 3.36. The lowest BCUT2D eigenvalue weighted by Gasteiger charge is -2.32. The van der Waals surface area contributed by atoms with Crippen molar-refractivity contribution in [3.8, 4) is 0 Å². The summed E-state index contributed by atoms with van der Waals surface area (Å²) in [5, 5.41) is 0. The van der Waals surface area contributed by atoms with E-state index in [0.717, 1.165) is 19.3 Å². The molecule has 2 bridgehead atoms. The summed E-state index contributed by atoms with van der Waals surface area (Å²) < 4.78 is 0. The van der Waals surface area contributed by atoms with Gasteiger partial charge in [-0.1, -0.05) is 0 Å². The number of hydrogen-bond acceptors (Lipinski definition) is 4. The number of fused-ring (bicyclic) bond motifs is 2. The maximum atomic E-state index is 11.3. The molecule has 2 aliphatic rings. The van der Waals surface area contributed by atoms with Crippen molar-refractivity contribution in [1.29, 1.82) is 0 Å². The minimum absolute atomic E-state index is 0.0787. The van der Waals surface area contributed by atoms with Gasteiger partial charge in [-0.15, -0.1) is 0 Å². The second-order valence-electron chi connectivity index (χ2n) is 5.83. The van der Waals surface area contributed by atoms with Gasteiger partial charge in [0.25, 0.3) is 0 Å².